The maximum atomic E-state index is 12.6. The summed E-state index contributed by atoms with van der Waals surface area (Å²) in [6.45, 7) is 10.1. The fraction of sp³-hybridized carbons (Fsp3) is 0.478. The van der Waals surface area contributed by atoms with E-state index in [2.05, 4.69) is 27.4 Å². The molecule has 2 aromatic rings. The number of carbonyl (C=O) groups is 2. The third-order valence-electron chi connectivity index (χ3n) is 5.55. The standard InChI is InChI=1S/C23H31N5O2S/c1-5-13-28-20(18-9-7-6-8-10-18)26-27-23(28)31-17(4)21(29)25-22(30)24-19-12-11-15(2)14-16(19)3/h5,11-12,14,17-18H,1,6-10,13H2,2-4H3,(H2,24,25,29,30). The lowest BCUT2D eigenvalue weighted by atomic mass is 9.89. The van der Waals surface area contributed by atoms with E-state index in [9.17, 15) is 9.59 Å². The number of amides is 3. The van der Waals surface area contributed by atoms with Crippen molar-refractivity contribution in [2.45, 2.75) is 75.7 Å². The highest BCUT2D eigenvalue weighted by atomic mass is 32.2. The predicted octanol–water partition coefficient (Wildman–Crippen LogP) is 4.96. The van der Waals surface area contributed by atoms with Crippen LogP contribution in [-0.4, -0.2) is 32.0 Å². The number of aryl methyl sites for hydroxylation is 2. The van der Waals surface area contributed by atoms with Gasteiger partial charge in [-0.3, -0.25) is 10.1 Å². The number of nitrogens with one attached hydrogen (secondary N) is 2. The molecule has 1 aromatic carbocycles. The Morgan fingerprint density at radius 3 is 2.68 bits per heavy atom. The van der Waals surface area contributed by atoms with Gasteiger partial charge in [0, 0.05) is 18.2 Å². The molecule has 0 aliphatic heterocycles. The van der Waals surface area contributed by atoms with E-state index in [1.807, 2.05) is 42.7 Å². The fourth-order valence-corrected chi connectivity index (χ4v) is 4.75. The van der Waals surface area contributed by atoms with Gasteiger partial charge in [0.05, 0.1) is 5.25 Å². The van der Waals surface area contributed by atoms with E-state index >= 15 is 0 Å². The first-order valence-corrected chi connectivity index (χ1v) is 11.7. The van der Waals surface area contributed by atoms with Crippen molar-refractivity contribution in [1.82, 2.24) is 20.1 Å². The molecule has 2 N–H and O–H groups in total. The van der Waals surface area contributed by atoms with E-state index in [-0.39, 0.29) is 5.91 Å². The zero-order valence-corrected chi connectivity index (χ0v) is 19.3. The first-order chi connectivity index (χ1) is 14.9. The first kappa shape index (κ1) is 23.1. The summed E-state index contributed by atoms with van der Waals surface area (Å²) in [5.41, 5.74) is 2.73. The highest BCUT2D eigenvalue weighted by molar-refractivity contribution is 8.00. The van der Waals surface area contributed by atoms with Crippen LogP contribution in [0.2, 0.25) is 0 Å². The molecule has 166 valence electrons. The molecular formula is C23H31N5O2S. The van der Waals surface area contributed by atoms with Crippen LogP contribution in [0.25, 0.3) is 0 Å². The van der Waals surface area contributed by atoms with Crippen molar-refractivity contribution in [1.29, 1.82) is 0 Å². The molecule has 0 saturated heterocycles. The van der Waals surface area contributed by atoms with Gasteiger partial charge in [-0.15, -0.1) is 16.8 Å². The number of rotatable bonds is 7. The van der Waals surface area contributed by atoms with Gasteiger partial charge in [0.1, 0.15) is 5.82 Å². The van der Waals surface area contributed by atoms with E-state index in [0.29, 0.717) is 23.3 Å². The van der Waals surface area contributed by atoms with Gasteiger partial charge in [-0.25, -0.2) is 4.79 Å². The largest absolute Gasteiger partial charge is 0.325 e. The molecule has 8 heteroatoms. The lowest BCUT2D eigenvalue weighted by Gasteiger charge is -2.21. The van der Waals surface area contributed by atoms with Crippen LogP contribution in [0.5, 0.6) is 0 Å². The summed E-state index contributed by atoms with van der Waals surface area (Å²) in [6.07, 6.45) is 7.75. The van der Waals surface area contributed by atoms with Crippen LogP contribution < -0.4 is 10.6 Å². The maximum absolute atomic E-state index is 12.6. The summed E-state index contributed by atoms with van der Waals surface area (Å²) in [5, 5.41) is 14.1. The second-order valence-corrected chi connectivity index (χ2v) is 9.40. The molecule has 1 fully saturated rings. The number of carbonyl (C=O) groups excluding carboxylic acids is 2. The molecule has 3 rings (SSSR count). The number of anilines is 1. The quantitative estimate of drug-likeness (QED) is 0.468. The van der Waals surface area contributed by atoms with Crippen molar-refractivity contribution in [3.8, 4) is 0 Å². The Labute approximate surface area is 188 Å². The Morgan fingerprint density at radius 1 is 1.26 bits per heavy atom. The minimum Gasteiger partial charge on any atom is -0.307 e. The number of urea groups is 1. The molecule has 1 atom stereocenters. The third-order valence-corrected chi connectivity index (χ3v) is 6.63. The molecule has 7 nitrogen and oxygen atoms in total. The Hall–Kier alpha value is -2.61. The van der Waals surface area contributed by atoms with E-state index < -0.39 is 11.3 Å². The lowest BCUT2D eigenvalue weighted by molar-refractivity contribution is -0.119. The van der Waals surface area contributed by atoms with Crippen molar-refractivity contribution in [3.63, 3.8) is 0 Å². The van der Waals surface area contributed by atoms with Crippen LogP contribution >= 0.6 is 11.8 Å². The topological polar surface area (TPSA) is 88.9 Å². The molecular weight excluding hydrogens is 410 g/mol. The van der Waals surface area contributed by atoms with E-state index in [4.69, 9.17) is 0 Å². The van der Waals surface area contributed by atoms with Crippen LogP contribution in [0.3, 0.4) is 0 Å². The molecule has 0 bridgehead atoms. The molecule has 1 aromatic heterocycles. The second-order valence-electron chi connectivity index (χ2n) is 8.10. The maximum Gasteiger partial charge on any atom is 0.325 e. The van der Waals surface area contributed by atoms with Gasteiger partial charge in [-0.05, 0) is 45.2 Å². The average Bonchev–Trinajstić information content (AvgIpc) is 3.13. The molecule has 1 aliphatic carbocycles. The average molecular weight is 442 g/mol. The van der Waals surface area contributed by atoms with E-state index in [0.717, 1.165) is 29.8 Å². The highest BCUT2D eigenvalue weighted by Crippen LogP contribution is 2.34. The van der Waals surface area contributed by atoms with Crippen LogP contribution in [0.15, 0.2) is 36.0 Å². The van der Waals surface area contributed by atoms with E-state index in [1.54, 1.807) is 6.92 Å². The second kappa shape index (κ2) is 10.6. The molecule has 3 amide bonds. The summed E-state index contributed by atoms with van der Waals surface area (Å²) in [5.74, 6) is 1.00. The predicted molar refractivity (Wildman–Crippen MR) is 124 cm³/mol. The molecule has 0 spiro atoms. The summed E-state index contributed by atoms with van der Waals surface area (Å²) in [4.78, 5) is 24.9. The molecule has 1 saturated carbocycles. The summed E-state index contributed by atoms with van der Waals surface area (Å²) < 4.78 is 2.05. The van der Waals surface area contributed by atoms with Crippen molar-refractivity contribution < 1.29 is 9.59 Å². The monoisotopic (exact) mass is 441 g/mol. The van der Waals surface area contributed by atoms with Crippen LogP contribution in [0, 0.1) is 13.8 Å². The highest BCUT2D eigenvalue weighted by Gasteiger charge is 2.25. The number of imide groups is 1. The van der Waals surface area contributed by atoms with Crippen LogP contribution in [0.1, 0.15) is 61.9 Å². The minimum atomic E-state index is -0.542. The van der Waals surface area contributed by atoms with Gasteiger partial charge >= 0.3 is 6.03 Å². The minimum absolute atomic E-state index is 0.375. The van der Waals surface area contributed by atoms with Crippen molar-refractivity contribution >= 4 is 29.4 Å². The van der Waals surface area contributed by atoms with Crippen molar-refractivity contribution in [3.05, 3.63) is 47.8 Å². The van der Waals surface area contributed by atoms with Crippen LogP contribution in [-0.2, 0) is 11.3 Å². The van der Waals surface area contributed by atoms with Gasteiger partial charge in [0.2, 0.25) is 5.91 Å². The summed E-state index contributed by atoms with van der Waals surface area (Å²) >= 11 is 1.31. The first-order valence-electron chi connectivity index (χ1n) is 10.8. The molecule has 1 aliphatic rings. The Kier molecular flexibility index (Phi) is 7.90. The zero-order valence-electron chi connectivity index (χ0n) is 18.5. The third kappa shape index (κ3) is 5.97. The molecule has 0 radical (unpaired) electrons. The Morgan fingerprint density at radius 2 is 2.00 bits per heavy atom. The smallest absolute Gasteiger partial charge is 0.307 e. The SMILES string of the molecule is C=CCn1c(SC(C)C(=O)NC(=O)Nc2ccc(C)cc2C)nnc1C1CCCCC1. The normalized spacial score (nSPS) is 15.3. The molecule has 31 heavy (non-hydrogen) atoms. The number of hydrogen-bond acceptors (Lipinski definition) is 5. The summed E-state index contributed by atoms with van der Waals surface area (Å²) in [7, 11) is 0. The van der Waals surface area contributed by atoms with Crippen molar-refractivity contribution in [2.75, 3.05) is 5.32 Å². The Bertz CT molecular complexity index is 949. The van der Waals surface area contributed by atoms with Gasteiger partial charge in [0.15, 0.2) is 5.16 Å². The Balaban J connectivity index is 1.62. The van der Waals surface area contributed by atoms with Gasteiger partial charge < -0.3 is 9.88 Å². The molecule has 1 heterocycles. The number of aromatic nitrogens is 3. The van der Waals surface area contributed by atoms with Gasteiger partial charge in [0.25, 0.3) is 0 Å². The van der Waals surface area contributed by atoms with Crippen molar-refractivity contribution in [2.24, 2.45) is 0 Å². The van der Waals surface area contributed by atoms with E-state index in [1.165, 1.54) is 31.0 Å². The number of allylic oxidation sites excluding steroid dienone is 1. The van der Waals surface area contributed by atoms with Crippen LogP contribution in [0.4, 0.5) is 10.5 Å². The lowest BCUT2D eigenvalue weighted by Crippen LogP contribution is -2.39. The number of nitrogens with zero attached hydrogens (tertiary/aromatic N) is 3. The van der Waals surface area contributed by atoms with Gasteiger partial charge in [-0.1, -0.05) is 54.8 Å². The zero-order chi connectivity index (χ0) is 22.4. The number of benzene rings is 1. The van der Waals surface area contributed by atoms with Gasteiger partial charge in [-0.2, -0.15) is 0 Å². The number of hydrogen-bond donors (Lipinski definition) is 2. The number of thioether (sulfide) groups is 1. The summed E-state index contributed by atoms with van der Waals surface area (Å²) in [6, 6.07) is 5.18. The fourth-order valence-electron chi connectivity index (χ4n) is 3.88. The molecule has 1 unspecified atom stereocenters.